The molecule has 0 bridgehead atoms. The molecule has 0 aliphatic rings. The average Bonchev–Trinajstić information content (AvgIpc) is 3.30. The summed E-state index contributed by atoms with van der Waals surface area (Å²) in [5, 5.41) is 19.0. The first-order valence-corrected chi connectivity index (χ1v) is 10.6. The molecule has 7 nitrogen and oxygen atoms in total. The number of hydrogen-bond donors (Lipinski definition) is 4. The van der Waals surface area contributed by atoms with Gasteiger partial charge in [-0.05, 0) is 61.4 Å². The van der Waals surface area contributed by atoms with Crippen LogP contribution in [0.1, 0.15) is 56.2 Å². The summed E-state index contributed by atoms with van der Waals surface area (Å²) >= 11 is 0. The van der Waals surface area contributed by atoms with Crippen LogP contribution in [0.5, 0.6) is 0 Å². The van der Waals surface area contributed by atoms with Crippen LogP contribution in [0, 0.1) is 5.41 Å². The monoisotopic (exact) mass is 414 g/mol. The first kappa shape index (κ1) is 23.5. The Morgan fingerprint density at radius 2 is 1.93 bits per heavy atom. The number of nitrogens with zero attached hydrogens (tertiary/aromatic N) is 1. The second kappa shape index (κ2) is 12.0. The van der Waals surface area contributed by atoms with E-state index in [1.54, 1.807) is 12.1 Å². The summed E-state index contributed by atoms with van der Waals surface area (Å²) in [7, 11) is 0. The van der Waals surface area contributed by atoms with Gasteiger partial charge in [0, 0.05) is 25.4 Å². The van der Waals surface area contributed by atoms with E-state index in [0.29, 0.717) is 12.2 Å². The highest BCUT2D eigenvalue weighted by molar-refractivity contribution is 6.02. The Hall–Kier alpha value is -2.80. The number of nitrogens with one attached hydrogen (secondary N) is 3. The number of rotatable bonds is 11. The van der Waals surface area contributed by atoms with Crippen LogP contribution in [0.2, 0.25) is 0 Å². The molecule has 4 N–H and O–H groups in total. The maximum atomic E-state index is 12.2. The summed E-state index contributed by atoms with van der Waals surface area (Å²) < 4.78 is 5.13. The number of carbonyl (C=O) groups is 1. The van der Waals surface area contributed by atoms with Gasteiger partial charge in [-0.1, -0.05) is 26.0 Å². The van der Waals surface area contributed by atoms with Gasteiger partial charge in [0.1, 0.15) is 0 Å². The lowest BCUT2D eigenvalue weighted by Gasteiger charge is -2.32. The second-order valence-electron chi connectivity index (χ2n) is 7.36. The number of aliphatic hydroxyl groups is 1. The Morgan fingerprint density at radius 3 is 2.57 bits per heavy atom. The molecule has 0 fully saturated rings. The van der Waals surface area contributed by atoms with Crippen molar-refractivity contribution in [1.82, 2.24) is 10.6 Å². The lowest BCUT2D eigenvalue weighted by atomic mass is 9.79. The number of hydrogen-bond acceptors (Lipinski definition) is 4. The van der Waals surface area contributed by atoms with Crippen LogP contribution in [-0.4, -0.2) is 36.7 Å². The average molecular weight is 415 g/mol. The molecule has 1 heterocycles. The number of guanidine groups is 1. The van der Waals surface area contributed by atoms with E-state index >= 15 is 0 Å². The highest BCUT2D eigenvalue weighted by atomic mass is 16.3. The van der Waals surface area contributed by atoms with E-state index in [9.17, 15) is 9.90 Å². The molecule has 0 spiro atoms. The topological polar surface area (TPSA) is 98.9 Å². The molecule has 164 valence electrons. The van der Waals surface area contributed by atoms with Crippen LogP contribution in [0.25, 0.3) is 0 Å². The van der Waals surface area contributed by atoms with Gasteiger partial charge < -0.3 is 25.5 Å². The molecule has 1 aromatic heterocycles. The van der Waals surface area contributed by atoms with Crippen LogP contribution in [0.15, 0.2) is 52.1 Å². The van der Waals surface area contributed by atoms with Crippen molar-refractivity contribution in [3.8, 4) is 0 Å². The first-order chi connectivity index (χ1) is 14.6. The molecule has 2 rings (SSSR count). The molecular weight excluding hydrogens is 380 g/mol. The van der Waals surface area contributed by atoms with E-state index in [4.69, 9.17) is 4.42 Å². The third-order valence-corrected chi connectivity index (χ3v) is 5.47. The van der Waals surface area contributed by atoms with Crippen molar-refractivity contribution in [2.24, 2.45) is 10.4 Å². The quantitative estimate of drug-likeness (QED) is 0.331. The van der Waals surface area contributed by atoms with Gasteiger partial charge in [-0.25, -0.2) is 4.99 Å². The van der Waals surface area contributed by atoms with Gasteiger partial charge in [0.15, 0.2) is 11.7 Å². The van der Waals surface area contributed by atoms with Gasteiger partial charge in [0.25, 0.3) is 5.91 Å². The molecular formula is C23H34N4O3. The Labute approximate surface area is 179 Å². The van der Waals surface area contributed by atoms with E-state index < -0.39 is 0 Å². The zero-order valence-corrected chi connectivity index (χ0v) is 18.2. The highest BCUT2D eigenvalue weighted by Crippen LogP contribution is 2.29. The van der Waals surface area contributed by atoms with E-state index in [1.165, 1.54) is 6.26 Å². The summed E-state index contributed by atoms with van der Waals surface area (Å²) in [4.78, 5) is 16.8. The first-order valence-electron chi connectivity index (χ1n) is 10.6. The largest absolute Gasteiger partial charge is 0.459 e. The summed E-state index contributed by atoms with van der Waals surface area (Å²) in [6.45, 7) is 8.53. The van der Waals surface area contributed by atoms with Crippen LogP contribution >= 0.6 is 0 Å². The molecule has 1 aromatic carbocycles. The SMILES string of the molecule is CCNC(=NCc1cccc(NC(=O)c2ccco2)c1)NCC(CC)(CC)CCO. The molecule has 30 heavy (non-hydrogen) atoms. The van der Waals surface area contributed by atoms with Crippen LogP contribution < -0.4 is 16.0 Å². The molecule has 0 unspecified atom stereocenters. The van der Waals surface area contributed by atoms with Crippen molar-refractivity contribution in [3.63, 3.8) is 0 Å². The summed E-state index contributed by atoms with van der Waals surface area (Å²) in [6, 6.07) is 10.9. The lowest BCUT2D eigenvalue weighted by Crippen LogP contribution is -2.43. The van der Waals surface area contributed by atoms with Gasteiger partial charge in [-0.3, -0.25) is 4.79 Å². The molecule has 0 aliphatic carbocycles. The lowest BCUT2D eigenvalue weighted by molar-refractivity contribution is 0.0996. The summed E-state index contributed by atoms with van der Waals surface area (Å²) in [5.74, 6) is 0.733. The molecule has 7 heteroatoms. The molecule has 0 radical (unpaired) electrons. The molecule has 2 aromatic rings. The molecule has 0 saturated carbocycles. The minimum atomic E-state index is -0.282. The molecule has 0 aliphatic heterocycles. The minimum absolute atomic E-state index is 0.0565. The fourth-order valence-corrected chi connectivity index (χ4v) is 3.31. The summed E-state index contributed by atoms with van der Waals surface area (Å²) in [5.41, 5.74) is 1.74. The van der Waals surface area contributed by atoms with Gasteiger partial charge in [-0.15, -0.1) is 0 Å². The van der Waals surface area contributed by atoms with Gasteiger partial charge >= 0.3 is 0 Å². The number of carbonyl (C=O) groups excluding carboxylic acids is 1. The number of anilines is 1. The zero-order chi connectivity index (χ0) is 21.8. The Morgan fingerprint density at radius 1 is 1.13 bits per heavy atom. The zero-order valence-electron chi connectivity index (χ0n) is 18.2. The second-order valence-corrected chi connectivity index (χ2v) is 7.36. The third-order valence-electron chi connectivity index (χ3n) is 5.47. The number of aliphatic imine (C=N–C) groups is 1. The van der Waals surface area contributed by atoms with Gasteiger partial charge in [-0.2, -0.15) is 0 Å². The fraction of sp³-hybridized carbons (Fsp3) is 0.478. The Kier molecular flexibility index (Phi) is 9.41. The van der Waals surface area contributed by atoms with E-state index in [-0.39, 0.29) is 23.7 Å². The fourth-order valence-electron chi connectivity index (χ4n) is 3.31. The maximum absolute atomic E-state index is 12.2. The van der Waals surface area contributed by atoms with E-state index in [2.05, 4.69) is 34.8 Å². The predicted octanol–water partition coefficient (Wildman–Crippen LogP) is 3.78. The van der Waals surface area contributed by atoms with Gasteiger partial charge in [0.05, 0.1) is 12.8 Å². The molecule has 1 amide bonds. The highest BCUT2D eigenvalue weighted by Gasteiger charge is 2.25. The Balaban J connectivity index is 2.02. The van der Waals surface area contributed by atoms with E-state index in [0.717, 1.165) is 43.9 Å². The normalized spacial score (nSPS) is 11.9. The standard InChI is InChI=1S/C23H34N4O3/c1-4-23(5-2,12-13-28)17-26-22(24-6-3)25-16-18-9-7-10-19(15-18)27-21(29)20-11-8-14-30-20/h7-11,14-15,28H,4-6,12-13,16-17H2,1-3H3,(H,27,29)(H2,24,25,26). The van der Waals surface area contributed by atoms with Crippen molar-refractivity contribution in [2.75, 3.05) is 25.0 Å². The predicted molar refractivity (Wildman–Crippen MR) is 121 cm³/mol. The van der Waals surface area contributed by atoms with E-state index in [1.807, 2.05) is 31.2 Å². The smallest absolute Gasteiger partial charge is 0.291 e. The minimum Gasteiger partial charge on any atom is -0.459 e. The Bertz CT molecular complexity index is 799. The van der Waals surface area contributed by atoms with Crippen LogP contribution in [-0.2, 0) is 6.54 Å². The molecule has 0 saturated heterocycles. The molecule has 0 atom stereocenters. The van der Waals surface area contributed by atoms with Crippen molar-refractivity contribution < 1.29 is 14.3 Å². The number of furan rings is 1. The van der Waals surface area contributed by atoms with Gasteiger partial charge in [0.2, 0.25) is 0 Å². The number of benzene rings is 1. The van der Waals surface area contributed by atoms with Crippen molar-refractivity contribution in [1.29, 1.82) is 0 Å². The third kappa shape index (κ3) is 6.91. The van der Waals surface area contributed by atoms with Crippen molar-refractivity contribution >= 4 is 17.6 Å². The van der Waals surface area contributed by atoms with Crippen LogP contribution in [0.3, 0.4) is 0 Å². The summed E-state index contributed by atoms with van der Waals surface area (Å²) in [6.07, 6.45) is 4.23. The maximum Gasteiger partial charge on any atom is 0.291 e. The number of amides is 1. The number of aliphatic hydroxyl groups excluding tert-OH is 1. The van der Waals surface area contributed by atoms with Crippen molar-refractivity contribution in [3.05, 3.63) is 54.0 Å². The van der Waals surface area contributed by atoms with Crippen molar-refractivity contribution in [2.45, 2.75) is 46.6 Å². The van der Waals surface area contributed by atoms with Crippen LogP contribution in [0.4, 0.5) is 5.69 Å².